The van der Waals surface area contributed by atoms with Crippen LogP contribution in [0, 0.1) is 0 Å². The summed E-state index contributed by atoms with van der Waals surface area (Å²) in [4.78, 5) is 0. The summed E-state index contributed by atoms with van der Waals surface area (Å²) in [5.41, 5.74) is 0.935. The number of rotatable bonds is 10. The molecular weight excluding hydrogens is 244 g/mol. The molecule has 1 N–H and O–H groups in total. The molecule has 1 aromatic rings. The smallest absolute Gasteiger partial charge is 0.0700 e. The molecular formula is C14H26N2O3. The molecule has 0 fully saturated rings. The molecule has 0 aliphatic rings. The summed E-state index contributed by atoms with van der Waals surface area (Å²) in [6.45, 7) is 5.99. The molecule has 0 saturated heterocycles. The van der Waals surface area contributed by atoms with Crippen molar-refractivity contribution < 1.29 is 14.6 Å². The molecule has 5 heteroatoms. The maximum atomic E-state index is 9.90. The molecule has 0 aromatic carbocycles. The molecule has 0 saturated carbocycles. The Kier molecular flexibility index (Phi) is 7.70. The van der Waals surface area contributed by atoms with Gasteiger partial charge in [-0.05, 0) is 25.8 Å². The van der Waals surface area contributed by atoms with Crippen molar-refractivity contribution in [2.45, 2.75) is 45.3 Å². The van der Waals surface area contributed by atoms with Crippen LogP contribution in [0.1, 0.15) is 38.4 Å². The summed E-state index contributed by atoms with van der Waals surface area (Å²) in [6, 6.07) is 2.38. The second-order valence-electron chi connectivity index (χ2n) is 4.80. The number of methoxy groups -OCH3 is 1. The van der Waals surface area contributed by atoms with Crippen molar-refractivity contribution in [1.82, 2.24) is 9.78 Å². The summed E-state index contributed by atoms with van der Waals surface area (Å²) in [6.07, 6.45) is 3.84. The lowest BCUT2D eigenvalue weighted by atomic mass is 10.1. The Bertz CT molecular complexity index is 341. The van der Waals surface area contributed by atoms with E-state index in [0.717, 1.165) is 12.1 Å². The molecule has 0 bridgehead atoms. The van der Waals surface area contributed by atoms with Gasteiger partial charge < -0.3 is 14.6 Å². The molecule has 0 radical (unpaired) electrons. The first-order valence-electron chi connectivity index (χ1n) is 6.96. The second-order valence-corrected chi connectivity index (χ2v) is 4.80. The van der Waals surface area contributed by atoms with E-state index < -0.39 is 6.10 Å². The molecule has 1 rings (SSSR count). The monoisotopic (exact) mass is 270 g/mol. The van der Waals surface area contributed by atoms with Gasteiger partial charge in [-0.25, -0.2) is 0 Å². The van der Waals surface area contributed by atoms with Crippen LogP contribution in [0.3, 0.4) is 0 Å². The van der Waals surface area contributed by atoms with Gasteiger partial charge >= 0.3 is 0 Å². The van der Waals surface area contributed by atoms with Crippen LogP contribution >= 0.6 is 0 Å². The van der Waals surface area contributed by atoms with Gasteiger partial charge in [0.25, 0.3) is 0 Å². The molecule has 19 heavy (non-hydrogen) atoms. The van der Waals surface area contributed by atoms with Crippen molar-refractivity contribution in [1.29, 1.82) is 0 Å². The van der Waals surface area contributed by atoms with Gasteiger partial charge in [0.05, 0.1) is 25.0 Å². The SMILES string of the molecule is CCC(C)n1ccc(CC(O)CCOCCOC)n1. The van der Waals surface area contributed by atoms with Gasteiger partial charge in [-0.3, -0.25) is 4.68 Å². The van der Waals surface area contributed by atoms with E-state index >= 15 is 0 Å². The summed E-state index contributed by atoms with van der Waals surface area (Å²) >= 11 is 0. The minimum atomic E-state index is -0.400. The Labute approximate surface area is 115 Å². The Hall–Kier alpha value is -0.910. The summed E-state index contributed by atoms with van der Waals surface area (Å²) in [5.74, 6) is 0. The molecule has 1 aromatic heterocycles. The van der Waals surface area contributed by atoms with Crippen LogP contribution in [0.25, 0.3) is 0 Å². The maximum absolute atomic E-state index is 9.90. The molecule has 2 unspecified atom stereocenters. The number of hydrogen-bond donors (Lipinski definition) is 1. The highest BCUT2D eigenvalue weighted by Gasteiger charge is 2.10. The van der Waals surface area contributed by atoms with E-state index in [1.165, 1.54) is 0 Å². The Balaban J connectivity index is 2.24. The number of aliphatic hydroxyl groups is 1. The van der Waals surface area contributed by atoms with Crippen LogP contribution in [-0.4, -0.2) is 47.9 Å². The zero-order chi connectivity index (χ0) is 14.1. The first-order chi connectivity index (χ1) is 9.17. The van der Waals surface area contributed by atoms with Crippen LogP contribution in [0.4, 0.5) is 0 Å². The molecule has 5 nitrogen and oxygen atoms in total. The van der Waals surface area contributed by atoms with E-state index in [1.54, 1.807) is 7.11 Å². The van der Waals surface area contributed by atoms with Crippen molar-refractivity contribution in [2.24, 2.45) is 0 Å². The highest BCUT2D eigenvalue weighted by atomic mass is 16.5. The lowest BCUT2D eigenvalue weighted by Gasteiger charge is -2.10. The molecule has 1 heterocycles. The standard InChI is InChI=1S/C14H26N2O3/c1-4-12(2)16-7-5-13(15-16)11-14(17)6-8-19-10-9-18-3/h5,7,12,14,17H,4,6,8-11H2,1-3H3. The Morgan fingerprint density at radius 3 is 2.84 bits per heavy atom. The van der Waals surface area contributed by atoms with Crippen LogP contribution in [0.15, 0.2) is 12.3 Å². The molecule has 2 atom stereocenters. The number of aliphatic hydroxyl groups excluding tert-OH is 1. The van der Waals surface area contributed by atoms with Crippen molar-refractivity contribution in [3.8, 4) is 0 Å². The van der Waals surface area contributed by atoms with Gasteiger partial charge in [0.1, 0.15) is 0 Å². The fraction of sp³-hybridized carbons (Fsp3) is 0.786. The predicted molar refractivity (Wildman–Crippen MR) is 74.3 cm³/mol. The van der Waals surface area contributed by atoms with E-state index in [4.69, 9.17) is 9.47 Å². The van der Waals surface area contributed by atoms with E-state index in [-0.39, 0.29) is 0 Å². The highest BCUT2D eigenvalue weighted by molar-refractivity contribution is 5.01. The maximum Gasteiger partial charge on any atom is 0.0700 e. The topological polar surface area (TPSA) is 56.5 Å². The van der Waals surface area contributed by atoms with E-state index in [0.29, 0.717) is 38.7 Å². The fourth-order valence-electron chi connectivity index (χ4n) is 1.73. The van der Waals surface area contributed by atoms with Crippen LogP contribution < -0.4 is 0 Å². The Morgan fingerprint density at radius 1 is 1.37 bits per heavy atom. The third-order valence-corrected chi connectivity index (χ3v) is 3.18. The molecule has 0 spiro atoms. The summed E-state index contributed by atoms with van der Waals surface area (Å²) in [5, 5.41) is 14.4. The lowest BCUT2D eigenvalue weighted by Crippen LogP contribution is -2.15. The number of aromatic nitrogens is 2. The number of ether oxygens (including phenoxy) is 2. The van der Waals surface area contributed by atoms with Crippen LogP contribution in [-0.2, 0) is 15.9 Å². The minimum absolute atomic E-state index is 0.400. The molecule has 0 aliphatic heterocycles. The van der Waals surface area contributed by atoms with Gasteiger partial charge in [-0.1, -0.05) is 6.92 Å². The minimum Gasteiger partial charge on any atom is -0.393 e. The van der Waals surface area contributed by atoms with Gasteiger partial charge in [0.15, 0.2) is 0 Å². The molecule has 0 amide bonds. The van der Waals surface area contributed by atoms with Gasteiger partial charge in [-0.15, -0.1) is 0 Å². The van der Waals surface area contributed by atoms with Crippen molar-refractivity contribution in [2.75, 3.05) is 26.9 Å². The number of hydrogen-bond acceptors (Lipinski definition) is 4. The fourth-order valence-corrected chi connectivity index (χ4v) is 1.73. The second kappa shape index (κ2) is 9.07. The van der Waals surface area contributed by atoms with Gasteiger partial charge in [0, 0.05) is 32.4 Å². The lowest BCUT2D eigenvalue weighted by molar-refractivity contribution is 0.0477. The predicted octanol–water partition coefficient (Wildman–Crippen LogP) is 1.81. The van der Waals surface area contributed by atoms with E-state index in [2.05, 4.69) is 18.9 Å². The highest BCUT2D eigenvalue weighted by Crippen LogP contribution is 2.11. The Morgan fingerprint density at radius 2 is 2.16 bits per heavy atom. The number of nitrogens with zero attached hydrogens (tertiary/aromatic N) is 2. The van der Waals surface area contributed by atoms with Crippen molar-refractivity contribution >= 4 is 0 Å². The van der Waals surface area contributed by atoms with E-state index in [1.807, 2.05) is 16.9 Å². The average molecular weight is 270 g/mol. The summed E-state index contributed by atoms with van der Waals surface area (Å²) < 4.78 is 12.2. The van der Waals surface area contributed by atoms with E-state index in [9.17, 15) is 5.11 Å². The van der Waals surface area contributed by atoms with Gasteiger partial charge in [-0.2, -0.15) is 5.10 Å². The molecule has 110 valence electrons. The molecule has 0 aliphatic carbocycles. The quantitative estimate of drug-likeness (QED) is 0.659. The summed E-state index contributed by atoms with van der Waals surface area (Å²) in [7, 11) is 1.64. The third kappa shape index (κ3) is 6.18. The van der Waals surface area contributed by atoms with Crippen LogP contribution in [0.5, 0.6) is 0 Å². The zero-order valence-corrected chi connectivity index (χ0v) is 12.2. The largest absolute Gasteiger partial charge is 0.393 e. The zero-order valence-electron chi connectivity index (χ0n) is 12.2. The normalized spacial score (nSPS) is 14.5. The van der Waals surface area contributed by atoms with Crippen molar-refractivity contribution in [3.05, 3.63) is 18.0 Å². The first-order valence-corrected chi connectivity index (χ1v) is 6.96. The average Bonchev–Trinajstić information content (AvgIpc) is 2.86. The van der Waals surface area contributed by atoms with Gasteiger partial charge in [0.2, 0.25) is 0 Å². The van der Waals surface area contributed by atoms with Crippen LogP contribution in [0.2, 0.25) is 0 Å². The van der Waals surface area contributed by atoms with Crippen molar-refractivity contribution in [3.63, 3.8) is 0 Å². The first kappa shape index (κ1) is 16.1. The third-order valence-electron chi connectivity index (χ3n) is 3.18.